The number of nitrogens with zero attached hydrogens (tertiary/aromatic N) is 1. The smallest absolute Gasteiger partial charge is 0.410 e. The highest BCUT2D eigenvalue weighted by Crippen LogP contribution is 2.27. The van der Waals surface area contributed by atoms with Crippen LogP contribution in [0.3, 0.4) is 0 Å². The number of rotatable bonds is 4. The fourth-order valence-electron chi connectivity index (χ4n) is 2.26. The van der Waals surface area contributed by atoms with Crippen molar-refractivity contribution in [3.8, 4) is 0 Å². The van der Waals surface area contributed by atoms with Gasteiger partial charge in [-0.2, -0.15) is 0 Å². The Balaban J connectivity index is 0.00000484. The van der Waals surface area contributed by atoms with Crippen molar-refractivity contribution in [1.82, 2.24) is 4.90 Å². The van der Waals surface area contributed by atoms with E-state index in [1.165, 1.54) is 4.90 Å². The van der Waals surface area contributed by atoms with Gasteiger partial charge in [0.1, 0.15) is 5.60 Å². The first-order chi connectivity index (χ1) is 10.2. The minimum Gasteiger partial charge on any atom is -0.466 e. The Morgan fingerprint density at radius 1 is 0.957 bits per heavy atom. The lowest BCUT2D eigenvalue weighted by molar-refractivity contribution is -0.157. The summed E-state index contributed by atoms with van der Waals surface area (Å²) in [7, 11) is 0. The minimum atomic E-state index is -0.716. The molecule has 134 valence electrons. The average molecular weight is 333 g/mol. The second kappa shape index (κ2) is 8.71. The van der Waals surface area contributed by atoms with Crippen molar-refractivity contribution in [2.24, 2.45) is 11.8 Å². The molecule has 2 N–H and O–H groups in total. The monoisotopic (exact) mass is 333 g/mol. The molecule has 0 radical (unpaired) electrons. The van der Waals surface area contributed by atoms with Crippen molar-refractivity contribution >= 4 is 18.0 Å². The molecule has 1 aliphatic rings. The summed E-state index contributed by atoms with van der Waals surface area (Å²) < 4.78 is 15.3. The van der Waals surface area contributed by atoms with Crippen LogP contribution in [-0.2, 0) is 23.8 Å². The van der Waals surface area contributed by atoms with Gasteiger partial charge in [-0.1, -0.05) is 0 Å². The summed E-state index contributed by atoms with van der Waals surface area (Å²) in [6.07, 6.45) is -0.548. The average Bonchev–Trinajstić information content (AvgIpc) is 2.82. The quantitative estimate of drug-likeness (QED) is 0.554. The number of amides is 1. The number of ether oxygens (including phenoxy) is 3. The molecule has 1 amide bonds. The number of carbonyl (C=O) groups excluding carboxylic acids is 3. The Kier molecular flexibility index (Phi) is 8.02. The molecule has 8 nitrogen and oxygen atoms in total. The molecular formula is C15H27NO7. The highest BCUT2D eigenvalue weighted by Gasteiger charge is 2.46. The van der Waals surface area contributed by atoms with Crippen LogP contribution in [0, 0.1) is 11.8 Å². The first-order valence-electron chi connectivity index (χ1n) is 7.50. The van der Waals surface area contributed by atoms with Crippen LogP contribution in [0.25, 0.3) is 0 Å². The SMILES string of the molecule is CCOC(=O)[C@H]1CN(C(=O)OC(C)(C)C)C[C@@H]1C(=O)OCC.O. The lowest BCUT2D eigenvalue weighted by Crippen LogP contribution is -2.36. The molecular weight excluding hydrogens is 306 g/mol. The molecule has 0 spiro atoms. The maximum atomic E-state index is 12.1. The van der Waals surface area contributed by atoms with Gasteiger partial charge in [-0.15, -0.1) is 0 Å². The van der Waals surface area contributed by atoms with Crippen molar-refractivity contribution in [2.75, 3.05) is 26.3 Å². The molecule has 0 unspecified atom stereocenters. The van der Waals surface area contributed by atoms with Crippen molar-refractivity contribution in [2.45, 2.75) is 40.2 Å². The van der Waals surface area contributed by atoms with Gasteiger partial charge in [0, 0.05) is 13.1 Å². The Morgan fingerprint density at radius 3 is 1.65 bits per heavy atom. The first kappa shape index (κ1) is 21.2. The molecule has 8 heteroatoms. The van der Waals surface area contributed by atoms with E-state index >= 15 is 0 Å². The molecule has 0 aliphatic carbocycles. The second-order valence-electron chi connectivity index (χ2n) is 6.10. The molecule has 0 bridgehead atoms. The third kappa shape index (κ3) is 6.05. The molecule has 1 heterocycles. The summed E-state index contributed by atoms with van der Waals surface area (Å²) in [6, 6.07) is 0. The Labute approximate surface area is 136 Å². The number of hydrogen-bond donors (Lipinski definition) is 0. The van der Waals surface area contributed by atoms with Crippen molar-refractivity contribution in [1.29, 1.82) is 0 Å². The van der Waals surface area contributed by atoms with E-state index in [1.54, 1.807) is 34.6 Å². The zero-order valence-corrected chi connectivity index (χ0v) is 14.4. The van der Waals surface area contributed by atoms with Crippen LogP contribution >= 0.6 is 0 Å². The van der Waals surface area contributed by atoms with Gasteiger partial charge in [0.05, 0.1) is 25.0 Å². The van der Waals surface area contributed by atoms with Crippen LogP contribution in [0.5, 0.6) is 0 Å². The zero-order valence-electron chi connectivity index (χ0n) is 14.4. The fourth-order valence-corrected chi connectivity index (χ4v) is 2.26. The molecule has 0 aromatic carbocycles. The summed E-state index contributed by atoms with van der Waals surface area (Å²) in [6.45, 7) is 9.28. The summed E-state index contributed by atoms with van der Waals surface area (Å²) in [5.41, 5.74) is -0.640. The van der Waals surface area contributed by atoms with Gasteiger partial charge < -0.3 is 24.6 Å². The molecule has 23 heavy (non-hydrogen) atoms. The van der Waals surface area contributed by atoms with Crippen molar-refractivity contribution in [3.63, 3.8) is 0 Å². The molecule has 0 aromatic rings. The van der Waals surface area contributed by atoms with Gasteiger partial charge in [0.15, 0.2) is 0 Å². The van der Waals surface area contributed by atoms with Crippen LogP contribution in [0.15, 0.2) is 0 Å². The molecule has 1 aliphatic heterocycles. The highest BCUT2D eigenvalue weighted by molar-refractivity contribution is 5.85. The highest BCUT2D eigenvalue weighted by atomic mass is 16.6. The summed E-state index contributed by atoms with van der Waals surface area (Å²) >= 11 is 0. The summed E-state index contributed by atoms with van der Waals surface area (Å²) in [5.74, 6) is -2.42. The summed E-state index contributed by atoms with van der Waals surface area (Å²) in [4.78, 5) is 37.5. The zero-order chi connectivity index (χ0) is 16.9. The van der Waals surface area contributed by atoms with E-state index in [-0.39, 0.29) is 31.8 Å². The van der Waals surface area contributed by atoms with E-state index in [0.29, 0.717) is 0 Å². The number of likely N-dealkylation sites (tertiary alicyclic amines) is 1. The maximum absolute atomic E-state index is 12.1. The largest absolute Gasteiger partial charge is 0.466 e. The Hall–Kier alpha value is -1.83. The standard InChI is InChI=1S/C15H25NO6.H2O/c1-6-20-12(17)10-8-16(14(19)22-15(3,4)5)9-11(10)13(18)21-7-2;/h10-11H,6-9H2,1-5H3;1H2/t10-,11-;/m0./s1. The maximum Gasteiger partial charge on any atom is 0.410 e. The van der Waals surface area contributed by atoms with Crippen molar-refractivity contribution in [3.05, 3.63) is 0 Å². The van der Waals surface area contributed by atoms with E-state index in [2.05, 4.69) is 0 Å². The number of hydrogen-bond acceptors (Lipinski definition) is 6. The van der Waals surface area contributed by atoms with E-state index < -0.39 is 35.5 Å². The van der Waals surface area contributed by atoms with Gasteiger partial charge in [-0.25, -0.2) is 4.79 Å². The normalized spacial score (nSPS) is 20.5. The molecule has 0 aromatic heterocycles. The molecule has 0 saturated carbocycles. The van der Waals surface area contributed by atoms with Gasteiger partial charge in [0.2, 0.25) is 0 Å². The topological polar surface area (TPSA) is 114 Å². The lowest BCUT2D eigenvalue weighted by atomic mass is 9.96. The van der Waals surface area contributed by atoms with Crippen LogP contribution in [0.1, 0.15) is 34.6 Å². The number of carbonyl (C=O) groups is 3. The molecule has 2 atom stereocenters. The third-order valence-corrected chi connectivity index (χ3v) is 3.15. The lowest BCUT2D eigenvalue weighted by Gasteiger charge is -2.24. The molecule has 1 saturated heterocycles. The molecule has 1 fully saturated rings. The minimum absolute atomic E-state index is 0. The van der Waals surface area contributed by atoms with Gasteiger partial charge in [-0.05, 0) is 34.6 Å². The molecule has 1 rings (SSSR count). The third-order valence-electron chi connectivity index (χ3n) is 3.15. The van der Waals surface area contributed by atoms with Crippen LogP contribution < -0.4 is 0 Å². The van der Waals surface area contributed by atoms with Crippen LogP contribution in [0.4, 0.5) is 4.79 Å². The van der Waals surface area contributed by atoms with E-state index in [1.807, 2.05) is 0 Å². The number of esters is 2. The van der Waals surface area contributed by atoms with Gasteiger partial charge >= 0.3 is 18.0 Å². The van der Waals surface area contributed by atoms with Crippen LogP contribution in [-0.4, -0.2) is 60.3 Å². The van der Waals surface area contributed by atoms with Gasteiger partial charge in [0.25, 0.3) is 0 Å². The van der Waals surface area contributed by atoms with E-state index in [9.17, 15) is 14.4 Å². The first-order valence-corrected chi connectivity index (χ1v) is 7.50. The van der Waals surface area contributed by atoms with E-state index in [4.69, 9.17) is 14.2 Å². The predicted molar refractivity (Wildman–Crippen MR) is 81.7 cm³/mol. The van der Waals surface area contributed by atoms with Crippen LogP contribution in [0.2, 0.25) is 0 Å². The van der Waals surface area contributed by atoms with Gasteiger partial charge in [-0.3, -0.25) is 9.59 Å². The fraction of sp³-hybridized carbons (Fsp3) is 0.800. The van der Waals surface area contributed by atoms with E-state index in [0.717, 1.165) is 0 Å². The Morgan fingerprint density at radius 2 is 1.35 bits per heavy atom. The van der Waals surface area contributed by atoms with Crippen molar-refractivity contribution < 1.29 is 34.1 Å². The summed E-state index contributed by atoms with van der Waals surface area (Å²) in [5, 5.41) is 0. The second-order valence-corrected chi connectivity index (χ2v) is 6.10. The Bertz CT molecular complexity index is 404. The predicted octanol–water partition coefficient (Wildman–Crippen LogP) is 0.771.